The summed E-state index contributed by atoms with van der Waals surface area (Å²) in [5.41, 5.74) is 0.715. The van der Waals surface area contributed by atoms with Gasteiger partial charge in [-0.2, -0.15) is 0 Å². The van der Waals surface area contributed by atoms with Gasteiger partial charge >= 0.3 is 0 Å². The summed E-state index contributed by atoms with van der Waals surface area (Å²) in [5, 5.41) is 11.5. The third kappa shape index (κ3) is 5.23. The number of carbonyl (C=O) groups excluding carboxylic acids is 2. The molecule has 0 bridgehead atoms. The summed E-state index contributed by atoms with van der Waals surface area (Å²) in [5.74, 6) is 0.720. The number of amides is 2. The van der Waals surface area contributed by atoms with Crippen LogP contribution in [0.15, 0.2) is 28.6 Å². The molecule has 9 heteroatoms. The molecule has 0 radical (unpaired) electrons. The standard InChI is InChI=1S/C19H24N4O3S2/c1-4-16(24)23(14-8-9-14)18-21-22-19(28-18)27-12(3)17(25)20-13-6-10-15(11-7-13)26-5-2/h6-7,10-12,14H,4-5,8-9H2,1-3H3,(H,20,25)/t12-/m0/s1. The number of benzene rings is 1. The smallest absolute Gasteiger partial charge is 0.237 e. The van der Waals surface area contributed by atoms with Crippen molar-refractivity contribution in [1.29, 1.82) is 0 Å². The maximum atomic E-state index is 12.5. The molecule has 1 aliphatic carbocycles. The highest BCUT2D eigenvalue weighted by Crippen LogP contribution is 2.37. The lowest BCUT2D eigenvalue weighted by Gasteiger charge is -2.17. The van der Waals surface area contributed by atoms with Crippen LogP contribution in [-0.4, -0.2) is 39.9 Å². The van der Waals surface area contributed by atoms with Crippen LogP contribution < -0.4 is 15.0 Å². The average Bonchev–Trinajstić information content (AvgIpc) is 3.42. The van der Waals surface area contributed by atoms with E-state index in [0.29, 0.717) is 28.2 Å². The van der Waals surface area contributed by atoms with Gasteiger partial charge in [0.2, 0.25) is 16.9 Å². The second-order valence-electron chi connectivity index (χ2n) is 6.41. The molecule has 0 unspecified atom stereocenters. The van der Waals surface area contributed by atoms with Crippen LogP contribution in [0.3, 0.4) is 0 Å². The number of aromatic nitrogens is 2. The minimum atomic E-state index is -0.344. The molecule has 2 amide bonds. The number of hydrogen-bond acceptors (Lipinski definition) is 7. The predicted octanol–water partition coefficient (Wildman–Crippen LogP) is 3.96. The van der Waals surface area contributed by atoms with Crippen molar-refractivity contribution in [3.8, 4) is 5.75 Å². The van der Waals surface area contributed by atoms with Gasteiger partial charge in [-0.05, 0) is 51.0 Å². The second kappa shape index (κ2) is 9.38. The summed E-state index contributed by atoms with van der Waals surface area (Å²) in [6.45, 7) is 6.20. The molecule has 1 N–H and O–H groups in total. The van der Waals surface area contributed by atoms with Gasteiger partial charge in [-0.3, -0.25) is 14.5 Å². The fraction of sp³-hybridized carbons (Fsp3) is 0.474. The van der Waals surface area contributed by atoms with Crippen LogP contribution in [0.5, 0.6) is 5.75 Å². The van der Waals surface area contributed by atoms with E-state index < -0.39 is 0 Å². The van der Waals surface area contributed by atoms with Gasteiger partial charge in [0, 0.05) is 18.2 Å². The molecule has 1 fully saturated rings. The van der Waals surface area contributed by atoms with Crippen LogP contribution >= 0.6 is 23.1 Å². The zero-order chi connectivity index (χ0) is 20.1. The number of nitrogens with zero attached hydrogens (tertiary/aromatic N) is 3. The van der Waals surface area contributed by atoms with E-state index in [1.165, 1.54) is 23.1 Å². The van der Waals surface area contributed by atoms with Crippen molar-refractivity contribution in [2.24, 2.45) is 0 Å². The monoisotopic (exact) mass is 420 g/mol. The van der Waals surface area contributed by atoms with E-state index in [9.17, 15) is 9.59 Å². The molecule has 1 aliphatic rings. The van der Waals surface area contributed by atoms with E-state index in [1.54, 1.807) is 4.90 Å². The van der Waals surface area contributed by atoms with Crippen molar-refractivity contribution in [3.05, 3.63) is 24.3 Å². The molecule has 1 heterocycles. The third-order valence-corrected chi connectivity index (χ3v) is 6.27. The minimum Gasteiger partial charge on any atom is -0.494 e. The summed E-state index contributed by atoms with van der Waals surface area (Å²) in [4.78, 5) is 26.4. The van der Waals surface area contributed by atoms with Crippen LogP contribution in [0.1, 0.15) is 40.0 Å². The molecular weight excluding hydrogens is 396 g/mol. The Morgan fingerprint density at radius 3 is 2.61 bits per heavy atom. The van der Waals surface area contributed by atoms with Gasteiger partial charge in [-0.25, -0.2) is 0 Å². The van der Waals surface area contributed by atoms with Crippen molar-refractivity contribution in [1.82, 2.24) is 10.2 Å². The van der Waals surface area contributed by atoms with Crippen LogP contribution in [0, 0.1) is 0 Å². The van der Waals surface area contributed by atoms with Gasteiger partial charge in [-0.1, -0.05) is 30.0 Å². The fourth-order valence-electron chi connectivity index (χ4n) is 2.57. The summed E-state index contributed by atoms with van der Waals surface area (Å²) >= 11 is 2.70. The zero-order valence-corrected chi connectivity index (χ0v) is 17.8. The van der Waals surface area contributed by atoms with E-state index in [4.69, 9.17) is 4.74 Å². The highest BCUT2D eigenvalue weighted by Gasteiger charge is 2.35. The summed E-state index contributed by atoms with van der Waals surface area (Å²) in [6.07, 6.45) is 2.46. The largest absolute Gasteiger partial charge is 0.494 e. The number of hydrogen-bond donors (Lipinski definition) is 1. The second-order valence-corrected chi connectivity index (χ2v) is 8.95. The van der Waals surface area contributed by atoms with Crippen LogP contribution in [0.25, 0.3) is 0 Å². The first-order chi connectivity index (χ1) is 13.5. The fourth-order valence-corrected chi connectivity index (χ4v) is 4.64. The third-order valence-electron chi connectivity index (χ3n) is 4.16. The first-order valence-electron chi connectivity index (χ1n) is 9.37. The number of carbonyl (C=O) groups is 2. The Hall–Kier alpha value is -2.13. The number of nitrogens with one attached hydrogen (secondary N) is 1. The van der Waals surface area contributed by atoms with Crippen molar-refractivity contribution in [2.45, 2.75) is 55.7 Å². The molecule has 1 atom stereocenters. The van der Waals surface area contributed by atoms with Crippen molar-refractivity contribution in [2.75, 3.05) is 16.8 Å². The lowest BCUT2D eigenvalue weighted by molar-refractivity contribution is -0.118. The Morgan fingerprint density at radius 1 is 1.29 bits per heavy atom. The van der Waals surface area contributed by atoms with Crippen LogP contribution in [0.4, 0.5) is 10.8 Å². The van der Waals surface area contributed by atoms with Crippen molar-refractivity contribution < 1.29 is 14.3 Å². The first kappa shape index (κ1) is 20.6. The first-order valence-corrected chi connectivity index (χ1v) is 11.1. The predicted molar refractivity (Wildman–Crippen MR) is 112 cm³/mol. The summed E-state index contributed by atoms with van der Waals surface area (Å²) in [6, 6.07) is 7.52. The van der Waals surface area contributed by atoms with Crippen molar-refractivity contribution in [3.63, 3.8) is 0 Å². The topological polar surface area (TPSA) is 84.4 Å². The molecule has 1 aromatic carbocycles. The Bertz CT molecular complexity index is 821. The summed E-state index contributed by atoms with van der Waals surface area (Å²) in [7, 11) is 0. The number of thioether (sulfide) groups is 1. The van der Waals surface area contributed by atoms with Gasteiger partial charge in [0.25, 0.3) is 0 Å². The van der Waals surface area contributed by atoms with Crippen molar-refractivity contribution >= 4 is 45.7 Å². The summed E-state index contributed by atoms with van der Waals surface area (Å²) < 4.78 is 6.08. The molecular formula is C19H24N4O3S2. The molecule has 150 valence electrons. The van der Waals surface area contributed by atoms with E-state index in [-0.39, 0.29) is 23.1 Å². The molecule has 0 aliphatic heterocycles. The molecule has 3 rings (SSSR count). The number of anilines is 2. The Balaban J connectivity index is 1.58. The quantitative estimate of drug-likeness (QED) is 0.488. The Kier molecular flexibility index (Phi) is 6.90. The van der Waals surface area contributed by atoms with E-state index >= 15 is 0 Å². The van der Waals surface area contributed by atoms with E-state index in [0.717, 1.165) is 18.6 Å². The van der Waals surface area contributed by atoms with Crippen LogP contribution in [-0.2, 0) is 9.59 Å². The maximum absolute atomic E-state index is 12.5. The van der Waals surface area contributed by atoms with Crippen LogP contribution in [0.2, 0.25) is 0 Å². The average molecular weight is 421 g/mol. The lowest BCUT2D eigenvalue weighted by atomic mass is 10.3. The zero-order valence-electron chi connectivity index (χ0n) is 16.2. The molecule has 1 saturated carbocycles. The van der Waals surface area contributed by atoms with Gasteiger partial charge in [0.15, 0.2) is 4.34 Å². The van der Waals surface area contributed by atoms with Gasteiger partial charge in [0.05, 0.1) is 11.9 Å². The number of rotatable bonds is 9. The lowest BCUT2D eigenvalue weighted by Crippen LogP contribution is -2.32. The van der Waals surface area contributed by atoms with Gasteiger partial charge in [0.1, 0.15) is 5.75 Å². The molecule has 28 heavy (non-hydrogen) atoms. The minimum absolute atomic E-state index is 0.0662. The molecule has 1 aromatic heterocycles. The number of ether oxygens (including phenoxy) is 1. The molecule has 7 nitrogen and oxygen atoms in total. The normalized spacial score (nSPS) is 14.4. The maximum Gasteiger partial charge on any atom is 0.237 e. The van der Waals surface area contributed by atoms with Gasteiger partial charge in [-0.15, -0.1) is 10.2 Å². The van der Waals surface area contributed by atoms with E-state index in [1.807, 2.05) is 45.0 Å². The highest BCUT2D eigenvalue weighted by atomic mass is 32.2. The molecule has 0 spiro atoms. The SMILES string of the molecule is CCOc1ccc(NC(=O)[C@H](C)Sc2nnc(N(C(=O)CC)C3CC3)s2)cc1. The highest BCUT2D eigenvalue weighted by molar-refractivity contribution is 8.02. The van der Waals surface area contributed by atoms with E-state index in [2.05, 4.69) is 15.5 Å². The Labute approximate surface area is 172 Å². The molecule has 2 aromatic rings. The van der Waals surface area contributed by atoms with Gasteiger partial charge < -0.3 is 10.1 Å². The molecule has 0 saturated heterocycles. The Morgan fingerprint density at radius 2 is 2.00 bits per heavy atom.